The van der Waals surface area contributed by atoms with Gasteiger partial charge in [0, 0.05) is 19.4 Å². The van der Waals surface area contributed by atoms with Crippen molar-refractivity contribution in [1.82, 2.24) is 14.9 Å². The summed E-state index contributed by atoms with van der Waals surface area (Å²) in [7, 11) is 2.01. The molecular formula is C12H23N3O. The molecule has 0 fully saturated rings. The van der Waals surface area contributed by atoms with Crippen LogP contribution < -0.4 is 5.32 Å². The first-order valence-corrected chi connectivity index (χ1v) is 6.07. The summed E-state index contributed by atoms with van der Waals surface area (Å²) >= 11 is 0. The van der Waals surface area contributed by atoms with Gasteiger partial charge >= 0.3 is 0 Å². The Morgan fingerprint density at radius 1 is 1.44 bits per heavy atom. The molecule has 0 radical (unpaired) electrons. The maximum absolute atomic E-state index is 9.47. The first-order chi connectivity index (χ1) is 7.69. The van der Waals surface area contributed by atoms with Gasteiger partial charge in [-0.05, 0) is 25.8 Å². The van der Waals surface area contributed by atoms with Gasteiger partial charge in [-0.2, -0.15) is 0 Å². The Kier molecular flexibility index (Phi) is 5.49. The minimum absolute atomic E-state index is 0.189. The summed E-state index contributed by atoms with van der Waals surface area (Å²) in [5, 5.41) is 12.9. The van der Waals surface area contributed by atoms with Crippen molar-refractivity contribution in [3.8, 4) is 0 Å². The molecule has 2 unspecified atom stereocenters. The van der Waals surface area contributed by atoms with Crippen molar-refractivity contribution in [1.29, 1.82) is 0 Å². The van der Waals surface area contributed by atoms with Crippen molar-refractivity contribution in [2.24, 2.45) is 7.05 Å². The Morgan fingerprint density at radius 3 is 2.69 bits per heavy atom. The number of hydrogen-bond acceptors (Lipinski definition) is 3. The second kappa shape index (κ2) is 6.66. The summed E-state index contributed by atoms with van der Waals surface area (Å²) in [6, 6.07) is 0.282. The summed E-state index contributed by atoms with van der Waals surface area (Å²) in [4.78, 5) is 4.34. The van der Waals surface area contributed by atoms with E-state index in [0.717, 1.165) is 31.6 Å². The zero-order chi connectivity index (χ0) is 12.0. The Hall–Kier alpha value is -0.870. The zero-order valence-corrected chi connectivity index (χ0v) is 10.5. The number of aliphatic hydroxyl groups is 1. The highest BCUT2D eigenvalue weighted by Crippen LogP contribution is 2.13. The van der Waals surface area contributed by atoms with Crippen LogP contribution in [0.3, 0.4) is 0 Å². The minimum atomic E-state index is -0.189. The molecule has 1 rings (SSSR count). The number of rotatable bonds is 7. The molecule has 4 nitrogen and oxygen atoms in total. The molecule has 0 bridgehead atoms. The summed E-state index contributed by atoms with van der Waals surface area (Å²) in [6.07, 6.45) is 6.22. The van der Waals surface area contributed by atoms with E-state index in [1.165, 1.54) is 0 Å². The van der Waals surface area contributed by atoms with Gasteiger partial charge in [-0.3, -0.25) is 0 Å². The molecule has 0 saturated carbocycles. The Labute approximate surface area is 97.7 Å². The van der Waals surface area contributed by atoms with Crippen LogP contribution in [0.5, 0.6) is 0 Å². The number of nitrogens with one attached hydrogen (secondary N) is 1. The SMILES string of the molecule is CCC(O)CCNC(CC)c1nccn1C. The molecule has 0 spiro atoms. The molecule has 16 heavy (non-hydrogen) atoms. The van der Waals surface area contributed by atoms with Crippen LogP contribution in [-0.2, 0) is 7.05 Å². The van der Waals surface area contributed by atoms with Gasteiger partial charge in [0.05, 0.1) is 12.1 Å². The lowest BCUT2D eigenvalue weighted by Gasteiger charge is -2.17. The van der Waals surface area contributed by atoms with Crippen LogP contribution in [0, 0.1) is 0 Å². The third-order valence-electron chi connectivity index (χ3n) is 2.92. The highest BCUT2D eigenvalue weighted by molar-refractivity contribution is 4.98. The molecule has 2 atom stereocenters. The average molecular weight is 225 g/mol. The Morgan fingerprint density at radius 2 is 2.19 bits per heavy atom. The summed E-state index contributed by atoms with van der Waals surface area (Å²) < 4.78 is 2.04. The number of hydrogen-bond donors (Lipinski definition) is 2. The first kappa shape index (κ1) is 13.2. The maximum atomic E-state index is 9.47. The van der Waals surface area contributed by atoms with Crippen LogP contribution in [0.1, 0.15) is 45.0 Å². The third kappa shape index (κ3) is 3.61. The van der Waals surface area contributed by atoms with Crippen molar-refractivity contribution in [2.45, 2.75) is 45.3 Å². The molecular weight excluding hydrogens is 202 g/mol. The average Bonchev–Trinajstić information content (AvgIpc) is 2.70. The van der Waals surface area contributed by atoms with Crippen LogP contribution >= 0.6 is 0 Å². The fourth-order valence-electron chi connectivity index (χ4n) is 1.76. The van der Waals surface area contributed by atoms with E-state index >= 15 is 0 Å². The molecule has 0 aliphatic rings. The molecule has 4 heteroatoms. The molecule has 2 N–H and O–H groups in total. The van der Waals surface area contributed by atoms with E-state index in [4.69, 9.17) is 0 Å². The topological polar surface area (TPSA) is 50.1 Å². The van der Waals surface area contributed by atoms with Gasteiger partial charge in [-0.15, -0.1) is 0 Å². The highest BCUT2D eigenvalue weighted by atomic mass is 16.3. The second-order valence-corrected chi connectivity index (χ2v) is 4.16. The van der Waals surface area contributed by atoms with Crippen molar-refractivity contribution in [3.05, 3.63) is 18.2 Å². The minimum Gasteiger partial charge on any atom is -0.393 e. The molecule has 1 heterocycles. The van der Waals surface area contributed by atoms with Gasteiger partial charge in [-0.25, -0.2) is 4.98 Å². The van der Waals surface area contributed by atoms with Gasteiger partial charge < -0.3 is 15.0 Å². The normalized spacial score (nSPS) is 15.0. The Balaban J connectivity index is 2.41. The molecule has 0 aliphatic heterocycles. The van der Waals surface area contributed by atoms with Crippen LogP contribution in [0.4, 0.5) is 0 Å². The van der Waals surface area contributed by atoms with Crippen molar-refractivity contribution >= 4 is 0 Å². The lowest BCUT2D eigenvalue weighted by atomic mass is 10.1. The molecule has 92 valence electrons. The van der Waals surface area contributed by atoms with E-state index in [-0.39, 0.29) is 12.1 Å². The standard InChI is InChI=1S/C12H23N3O/c1-4-10(16)6-7-13-11(5-2)12-14-8-9-15(12)3/h8-11,13,16H,4-7H2,1-3H3. The van der Waals surface area contributed by atoms with Crippen molar-refractivity contribution < 1.29 is 5.11 Å². The fraction of sp³-hybridized carbons (Fsp3) is 0.750. The quantitative estimate of drug-likeness (QED) is 0.741. The number of aryl methyl sites for hydroxylation is 1. The Bertz CT molecular complexity index is 298. The van der Waals surface area contributed by atoms with E-state index < -0.39 is 0 Å². The largest absolute Gasteiger partial charge is 0.393 e. The number of aliphatic hydroxyl groups excluding tert-OH is 1. The van der Waals surface area contributed by atoms with Gasteiger partial charge in [0.15, 0.2) is 0 Å². The third-order valence-corrected chi connectivity index (χ3v) is 2.92. The van der Waals surface area contributed by atoms with E-state index in [1.807, 2.05) is 30.9 Å². The number of nitrogens with zero attached hydrogens (tertiary/aromatic N) is 2. The van der Waals surface area contributed by atoms with Crippen LogP contribution in [-0.4, -0.2) is 27.3 Å². The first-order valence-electron chi connectivity index (χ1n) is 6.07. The van der Waals surface area contributed by atoms with E-state index in [0.29, 0.717) is 0 Å². The predicted molar refractivity (Wildman–Crippen MR) is 65.2 cm³/mol. The summed E-state index contributed by atoms with van der Waals surface area (Å²) in [6.45, 7) is 4.98. The second-order valence-electron chi connectivity index (χ2n) is 4.16. The monoisotopic (exact) mass is 225 g/mol. The van der Waals surface area contributed by atoms with Crippen molar-refractivity contribution in [3.63, 3.8) is 0 Å². The van der Waals surface area contributed by atoms with E-state index in [9.17, 15) is 5.11 Å². The molecule has 1 aromatic heterocycles. The lowest BCUT2D eigenvalue weighted by Crippen LogP contribution is -2.26. The van der Waals surface area contributed by atoms with Gasteiger partial charge in [0.2, 0.25) is 0 Å². The number of imidazole rings is 1. The fourth-order valence-corrected chi connectivity index (χ4v) is 1.76. The van der Waals surface area contributed by atoms with Crippen LogP contribution in [0.2, 0.25) is 0 Å². The molecule has 0 amide bonds. The maximum Gasteiger partial charge on any atom is 0.125 e. The van der Waals surface area contributed by atoms with Gasteiger partial charge in [0.25, 0.3) is 0 Å². The van der Waals surface area contributed by atoms with Crippen LogP contribution in [0.15, 0.2) is 12.4 Å². The molecule has 0 saturated heterocycles. The molecule has 1 aromatic rings. The van der Waals surface area contributed by atoms with Gasteiger partial charge in [0.1, 0.15) is 5.82 Å². The number of aromatic nitrogens is 2. The molecule has 0 aliphatic carbocycles. The lowest BCUT2D eigenvalue weighted by molar-refractivity contribution is 0.158. The molecule has 0 aromatic carbocycles. The smallest absolute Gasteiger partial charge is 0.125 e. The van der Waals surface area contributed by atoms with Crippen LogP contribution in [0.25, 0.3) is 0 Å². The van der Waals surface area contributed by atoms with E-state index in [1.54, 1.807) is 0 Å². The van der Waals surface area contributed by atoms with E-state index in [2.05, 4.69) is 17.2 Å². The van der Waals surface area contributed by atoms with Gasteiger partial charge in [-0.1, -0.05) is 13.8 Å². The highest BCUT2D eigenvalue weighted by Gasteiger charge is 2.13. The summed E-state index contributed by atoms with van der Waals surface area (Å²) in [5.41, 5.74) is 0. The predicted octanol–water partition coefficient (Wildman–Crippen LogP) is 1.62. The summed E-state index contributed by atoms with van der Waals surface area (Å²) in [5.74, 6) is 1.06. The van der Waals surface area contributed by atoms with Crippen molar-refractivity contribution in [2.75, 3.05) is 6.54 Å². The zero-order valence-electron chi connectivity index (χ0n) is 10.5.